The van der Waals surface area contributed by atoms with E-state index in [2.05, 4.69) is 193 Å². The Morgan fingerprint density at radius 3 is 1.36 bits per heavy atom. The van der Waals surface area contributed by atoms with Crippen molar-refractivity contribution < 1.29 is 4.42 Å². The van der Waals surface area contributed by atoms with Crippen LogP contribution in [-0.4, -0.2) is 0 Å². The third-order valence-corrected chi connectivity index (χ3v) is 9.48. The molecule has 1 heterocycles. The van der Waals surface area contributed by atoms with Crippen molar-refractivity contribution in [2.24, 2.45) is 0 Å². The fourth-order valence-corrected chi connectivity index (χ4v) is 7.14. The number of fused-ring (bicyclic) bond motifs is 3. The topological polar surface area (TPSA) is 16.4 Å². The summed E-state index contributed by atoms with van der Waals surface area (Å²) in [7, 11) is 0. The second-order valence-corrected chi connectivity index (χ2v) is 12.5. The number of hydrogen-bond acceptors (Lipinski definition) is 2. The molecule has 0 radical (unpaired) electrons. The number of rotatable bonds is 7. The van der Waals surface area contributed by atoms with Crippen LogP contribution in [0.1, 0.15) is 0 Å². The second kappa shape index (κ2) is 12.8. The summed E-state index contributed by atoms with van der Waals surface area (Å²) in [4.78, 5) is 2.42. The van der Waals surface area contributed by atoms with E-state index in [1.165, 1.54) is 22.3 Å². The lowest BCUT2D eigenvalue weighted by Gasteiger charge is -2.31. The largest absolute Gasteiger partial charge is 0.456 e. The molecule has 0 bridgehead atoms. The molecule has 0 aliphatic heterocycles. The van der Waals surface area contributed by atoms with Crippen LogP contribution in [0.3, 0.4) is 0 Å². The lowest BCUT2D eigenvalue weighted by molar-refractivity contribution is 0.669. The molecule has 0 aliphatic rings. The van der Waals surface area contributed by atoms with Crippen LogP contribution in [0.25, 0.3) is 66.4 Å². The monoisotopic (exact) mass is 639 g/mol. The molecule has 9 rings (SSSR count). The van der Waals surface area contributed by atoms with E-state index in [4.69, 9.17) is 4.42 Å². The smallest absolute Gasteiger partial charge is 0.137 e. The highest BCUT2D eigenvalue weighted by molar-refractivity contribution is 6.07. The molecule has 0 spiro atoms. The Hall–Kier alpha value is -6.64. The summed E-state index contributed by atoms with van der Waals surface area (Å²) >= 11 is 0. The van der Waals surface area contributed by atoms with Crippen molar-refractivity contribution in [2.45, 2.75) is 0 Å². The second-order valence-electron chi connectivity index (χ2n) is 12.5. The highest BCUT2D eigenvalue weighted by atomic mass is 16.3. The van der Waals surface area contributed by atoms with Crippen molar-refractivity contribution >= 4 is 39.0 Å². The van der Waals surface area contributed by atoms with Crippen molar-refractivity contribution in [3.8, 4) is 44.5 Å². The van der Waals surface area contributed by atoms with Gasteiger partial charge < -0.3 is 9.32 Å². The highest BCUT2D eigenvalue weighted by Crippen LogP contribution is 2.49. The molecule has 50 heavy (non-hydrogen) atoms. The van der Waals surface area contributed by atoms with Crippen LogP contribution in [0, 0.1) is 0 Å². The summed E-state index contributed by atoms with van der Waals surface area (Å²) in [6.45, 7) is 0. The van der Waals surface area contributed by atoms with Crippen LogP contribution in [-0.2, 0) is 0 Å². The van der Waals surface area contributed by atoms with Crippen LogP contribution >= 0.6 is 0 Å². The molecule has 0 unspecified atom stereocenters. The normalized spacial score (nSPS) is 11.2. The van der Waals surface area contributed by atoms with Gasteiger partial charge >= 0.3 is 0 Å². The van der Waals surface area contributed by atoms with Gasteiger partial charge in [0, 0.05) is 39.3 Å². The van der Waals surface area contributed by atoms with Crippen LogP contribution in [0.4, 0.5) is 17.1 Å². The maximum absolute atomic E-state index is 6.49. The van der Waals surface area contributed by atoms with Gasteiger partial charge in [0.05, 0.1) is 5.69 Å². The standard InChI is InChI=1S/C48H33NO/c1-5-16-34(17-6-1)40-30-28-38(32-45(40)37-22-11-4-12-23-37)49(39-29-31-44-43-24-13-14-27-46(43)50-47(44)33-39)48-41(35-18-7-2-8-19-35)25-15-26-42(48)36-20-9-3-10-21-36/h1-33H. The Labute approximate surface area is 292 Å². The maximum Gasteiger partial charge on any atom is 0.137 e. The van der Waals surface area contributed by atoms with Crippen LogP contribution in [0.15, 0.2) is 205 Å². The van der Waals surface area contributed by atoms with Crippen molar-refractivity contribution in [1.82, 2.24) is 0 Å². The molecule has 236 valence electrons. The van der Waals surface area contributed by atoms with Crippen molar-refractivity contribution in [1.29, 1.82) is 0 Å². The van der Waals surface area contributed by atoms with E-state index < -0.39 is 0 Å². The summed E-state index contributed by atoms with van der Waals surface area (Å²) in [5, 5.41) is 2.22. The molecule has 0 atom stereocenters. The van der Waals surface area contributed by atoms with Gasteiger partial charge in [0.2, 0.25) is 0 Å². The van der Waals surface area contributed by atoms with Gasteiger partial charge in [-0.1, -0.05) is 164 Å². The number of para-hydroxylation sites is 2. The molecule has 8 aromatic carbocycles. The fourth-order valence-electron chi connectivity index (χ4n) is 7.14. The minimum Gasteiger partial charge on any atom is -0.456 e. The van der Waals surface area contributed by atoms with Crippen molar-refractivity contribution in [3.63, 3.8) is 0 Å². The molecular formula is C48H33NO. The number of anilines is 3. The van der Waals surface area contributed by atoms with E-state index in [1.807, 2.05) is 12.1 Å². The molecule has 1 aromatic heterocycles. The summed E-state index contributed by atoms with van der Waals surface area (Å²) < 4.78 is 6.49. The third kappa shape index (κ3) is 5.34. The third-order valence-electron chi connectivity index (χ3n) is 9.48. The molecule has 2 heteroatoms. The Morgan fingerprint density at radius 2 is 0.760 bits per heavy atom. The first kappa shape index (κ1) is 29.5. The minimum atomic E-state index is 0.858. The molecule has 0 fully saturated rings. The lowest BCUT2D eigenvalue weighted by atomic mass is 9.92. The Balaban J connectivity index is 1.36. The Morgan fingerprint density at radius 1 is 0.300 bits per heavy atom. The zero-order chi connectivity index (χ0) is 33.3. The van der Waals surface area contributed by atoms with Crippen molar-refractivity contribution in [2.75, 3.05) is 4.90 Å². The summed E-state index contributed by atoms with van der Waals surface area (Å²) in [5.41, 5.74) is 14.2. The molecule has 0 saturated heterocycles. The first-order valence-corrected chi connectivity index (χ1v) is 17.0. The quantitative estimate of drug-likeness (QED) is 0.173. The predicted molar refractivity (Wildman–Crippen MR) is 210 cm³/mol. The van der Waals surface area contributed by atoms with Gasteiger partial charge in [0.25, 0.3) is 0 Å². The van der Waals surface area contributed by atoms with Gasteiger partial charge in [-0.15, -0.1) is 0 Å². The summed E-state index contributed by atoms with van der Waals surface area (Å²) in [6, 6.07) is 71.2. The van der Waals surface area contributed by atoms with E-state index in [-0.39, 0.29) is 0 Å². The van der Waals surface area contributed by atoms with Gasteiger partial charge in [-0.2, -0.15) is 0 Å². The average Bonchev–Trinajstić information content (AvgIpc) is 3.57. The van der Waals surface area contributed by atoms with E-state index >= 15 is 0 Å². The van der Waals surface area contributed by atoms with E-state index in [1.54, 1.807) is 0 Å². The van der Waals surface area contributed by atoms with Gasteiger partial charge in [0.15, 0.2) is 0 Å². The maximum atomic E-state index is 6.49. The zero-order valence-electron chi connectivity index (χ0n) is 27.4. The number of nitrogens with zero attached hydrogens (tertiary/aromatic N) is 1. The molecule has 2 nitrogen and oxygen atoms in total. The van der Waals surface area contributed by atoms with Crippen LogP contribution < -0.4 is 4.90 Å². The predicted octanol–water partition coefficient (Wildman–Crippen LogP) is 13.7. The van der Waals surface area contributed by atoms with Gasteiger partial charge in [-0.3, -0.25) is 0 Å². The van der Waals surface area contributed by atoms with Gasteiger partial charge in [-0.05, 0) is 63.7 Å². The van der Waals surface area contributed by atoms with Crippen molar-refractivity contribution in [3.05, 3.63) is 200 Å². The van der Waals surface area contributed by atoms with Gasteiger partial charge in [-0.25, -0.2) is 0 Å². The number of hydrogen-bond donors (Lipinski definition) is 0. The minimum absolute atomic E-state index is 0.858. The molecular weight excluding hydrogens is 607 g/mol. The van der Waals surface area contributed by atoms with E-state index in [0.29, 0.717) is 0 Å². The Bertz CT molecular complexity index is 2510. The first-order valence-electron chi connectivity index (χ1n) is 17.0. The zero-order valence-corrected chi connectivity index (χ0v) is 27.4. The molecule has 9 aromatic rings. The van der Waals surface area contributed by atoms with Crippen LogP contribution in [0.5, 0.6) is 0 Å². The highest BCUT2D eigenvalue weighted by Gasteiger charge is 2.24. The molecule has 0 aliphatic carbocycles. The SMILES string of the molecule is c1ccc(-c2ccc(N(c3ccc4c(c3)oc3ccccc34)c3c(-c4ccccc4)cccc3-c3ccccc3)cc2-c2ccccc2)cc1. The van der Waals surface area contributed by atoms with E-state index in [9.17, 15) is 0 Å². The van der Waals surface area contributed by atoms with E-state index in [0.717, 1.165) is 61.3 Å². The molecule has 0 saturated carbocycles. The number of benzene rings is 8. The summed E-state index contributed by atoms with van der Waals surface area (Å²) in [6.07, 6.45) is 0. The first-order chi connectivity index (χ1) is 24.8. The Kier molecular flexibility index (Phi) is 7.53. The summed E-state index contributed by atoms with van der Waals surface area (Å²) in [5.74, 6) is 0. The fraction of sp³-hybridized carbons (Fsp3) is 0. The molecule has 0 N–H and O–H groups in total. The lowest BCUT2D eigenvalue weighted by Crippen LogP contribution is -2.13. The average molecular weight is 640 g/mol. The van der Waals surface area contributed by atoms with Gasteiger partial charge in [0.1, 0.15) is 11.2 Å². The van der Waals surface area contributed by atoms with Crippen LogP contribution in [0.2, 0.25) is 0 Å². The number of furan rings is 1. The molecule has 0 amide bonds.